The van der Waals surface area contributed by atoms with Crippen LogP contribution in [0.2, 0.25) is 0 Å². The third-order valence-corrected chi connectivity index (χ3v) is 3.06. The van der Waals surface area contributed by atoms with Crippen LogP contribution in [0.15, 0.2) is 29.5 Å². The van der Waals surface area contributed by atoms with E-state index >= 15 is 0 Å². The molecule has 0 unspecified atom stereocenters. The molecule has 1 aromatic carbocycles. The highest BCUT2D eigenvalue weighted by Gasteiger charge is 2.33. The molecule has 22 heavy (non-hydrogen) atoms. The number of phenols is 1. The summed E-state index contributed by atoms with van der Waals surface area (Å²) >= 11 is 0. The lowest BCUT2D eigenvalue weighted by Crippen LogP contribution is -2.38. The fraction of sp³-hybridized carbons (Fsp3) is 0.286. The molecule has 0 aromatic heterocycles. The summed E-state index contributed by atoms with van der Waals surface area (Å²) in [7, 11) is 2.32. The number of carbonyl (C=O) groups is 2. The second-order valence-corrected chi connectivity index (χ2v) is 4.35. The smallest absolute Gasteiger partial charge is 0.355 e. The van der Waals surface area contributed by atoms with E-state index < -0.39 is 23.5 Å². The van der Waals surface area contributed by atoms with Crippen LogP contribution in [0.5, 0.6) is 5.75 Å². The van der Waals surface area contributed by atoms with E-state index in [1.165, 1.54) is 18.1 Å². The number of rotatable bonds is 3. The van der Waals surface area contributed by atoms with Crippen LogP contribution < -0.4 is 4.90 Å². The minimum absolute atomic E-state index is 0.0516. The monoisotopic (exact) mass is 311 g/mol. The first-order chi connectivity index (χ1) is 10.5. The van der Waals surface area contributed by atoms with E-state index in [0.29, 0.717) is 0 Å². The summed E-state index contributed by atoms with van der Waals surface area (Å²) in [6, 6.07) is 3.25. The Morgan fingerprint density at radius 1 is 1.27 bits per heavy atom. The third kappa shape index (κ3) is 2.86. The van der Waals surface area contributed by atoms with E-state index in [9.17, 15) is 19.1 Å². The zero-order valence-corrected chi connectivity index (χ0v) is 12.0. The number of carbonyl (C=O) groups excluding carboxylic acids is 2. The number of benzene rings is 1. The SMILES string of the molecule is COC(=O)C1=C(C(=O)OC)N(c2ccc(F)cc2O)COC1. The Labute approximate surface area is 125 Å². The molecular weight excluding hydrogens is 297 g/mol. The summed E-state index contributed by atoms with van der Waals surface area (Å²) in [6.07, 6.45) is 0. The van der Waals surface area contributed by atoms with E-state index in [2.05, 4.69) is 9.47 Å². The molecule has 8 heteroatoms. The number of aromatic hydroxyl groups is 1. The molecule has 1 aliphatic heterocycles. The molecule has 1 N–H and O–H groups in total. The Morgan fingerprint density at radius 2 is 1.95 bits per heavy atom. The van der Waals surface area contributed by atoms with E-state index in [4.69, 9.17) is 4.74 Å². The van der Waals surface area contributed by atoms with Gasteiger partial charge in [-0.15, -0.1) is 0 Å². The molecule has 1 heterocycles. The number of hydrogen-bond donors (Lipinski definition) is 1. The van der Waals surface area contributed by atoms with Crippen molar-refractivity contribution in [3.05, 3.63) is 35.3 Å². The zero-order chi connectivity index (χ0) is 16.3. The number of anilines is 1. The van der Waals surface area contributed by atoms with Gasteiger partial charge in [0.15, 0.2) is 0 Å². The Bertz CT molecular complexity index is 642. The normalized spacial score (nSPS) is 14.8. The highest BCUT2D eigenvalue weighted by atomic mass is 19.1. The van der Waals surface area contributed by atoms with Gasteiger partial charge in [-0.2, -0.15) is 0 Å². The van der Waals surface area contributed by atoms with Crippen LogP contribution in [0, 0.1) is 5.82 Å². The molecule has 0 aliphatic carbocycles. The van der Waals surface area contributed by atoms with Crippen molar-refractivity contribution >= 4 is 17.6 Å². The van der Waals surface area contributed by atoms with Gasteiger partial charge in [-0.25, -0.2) is 14.0 Å². The molecule has 1 aromatic rings. The summed E-state index contributed by atoms with van der Waals surface area (Å²) in [5.74, 6) is -2.61. The standard InChI is InChI=1S/C14H14FNO6/c1-20-13(18)9-6-22-7-16(12(9)14(19)21-2)10-4-3-8(15)5-11(10)17/h3-5,17H,6-7H2,1-2H3. The highest BCUT2D eigenvalue weighted by Crippen LogP contribution is 2.33. The molecule has 0 amide bonds. The lowest BCUT2D eigenvalue weighted by Gasteiger charge is -2.31. The second kappa shape index (κ2) is 6.44. The van der Waals surface area contributed by atoms with Gasteiger partial charge in [0.2, 0.25) is 0 Å². The fourth-order valence-corrected chi connectivity index (χ4v) is 2.06. The summed E-state index contributed by atoms with van der Waals surface area (Å²) in [5, 5.41) is 9.87. The van der Waals surface area contributed by atoms with Gasteiger partial charge in [-0.05, 0) is 12.1 Å². The van der Waals surface area contributed by atoms with Crippen LogP contribution in [0.4, 0.5) is 10.1 Å². The summed E-state index contributed by atoms with van der Waals surface area (Å²) in [5.41, 5.74) is -0.0743. The van der Waals surface area contributed by atoms with Crippen molar-refractivity contribution in [2.45, 2.75) is 0 Å². The molecule has 0 spiro atoms. The first-order valence-corrected chi connectivity index (χ1v) is 6.23. The lowest BCUT2D eigenvalue weighted by atomic mass is 10.1. The fourth-order valence-electron chi connectivity index (χ4n) is 2.06. The Hall–Kier alpha value is -2.61. The third-order valence-electron chi connectivity index (χ3n) is 3.06. The van der Waals surface area contributed by atoms with Crippen molar-refractivity contribution < 1.29 is 33.3 Å². The molecule has 1 aliphatic rings. The molecule has 7 nitrogen and oxygen atoms in total. The molecular formula is C14H14FNO6. The quantitative estimate of drug-likeness (QED) is 0.831. The first kappa shape index (κ1) is 15.8. The maximum atomic E-state index is 13.1. The lowest BCUT2D eigenvalue weighted by molar-refractivity contribution is -0.140. The minimum Gasteiger partial charge on any atom is -0.506 e. The number of esters is 2. The maximum Gasteiger partial charge on any atom is 0.355 e. The van der Waals surface area contributed by atoms with Crippen LogP contribution in [-0.4, -0.2) is 44.6 Å². The van der Waals surface area contributed by atoms with Crippen LogP contribution >= 0.6 is 0 Å². The van der Waals surface area contributed by atoms with Crippen molar-refractivity contribution in [1.82, 2.24) is 0 Å². The average Bonchev–Trinajstić information content (AvgIpc) is 2.52. The van der Waals surface area contributed by atoms with Crippen LogP contribution in [0.25, 0.3) is 0 Å². The summed E-state index contributed by atoms with van der Waals surface area (Å²) in [4.78, 5) is 25.0. The number of methoxy groups -OCH3 is 2. The molecule has 118 valence electrons. The number of halogens is 1. The van der Waals surface area contributed by atoms with Gasteiger partial charge in [0, 0.05) is 6.07 Å². The summed E-state index contributed by atoms with van der Waals surface area (Å²) < 4.78 is 27.6. The van der Waals surface area contributed by atoms with E-state index in [1.54, 1.807) is 0 Å². The predicted molar refractivity (Wildman–Crippen MR) is 72.4 cm³/mol. The van der Waals surface area contributed by atoms with Crippen molar-refractivity contribution in [3.8, 4) is 5.75 Å². The van der Waals surface area contributed by atoms with Crippen molar-refractivity contribution in [2.24, 2.45) is 0 Å². The van der Waals surface area contributed by atoms with Gasteiger partial charge in [0.25, 0.3) is 0 Å². The second-order valence-electron chi connectivity index (χ2n) is 4.35. The molecule has 0 saturated carbocycles. The molecule has 0 saturated heterocycles. The molecule has 0 fully saturated rings. The van der Waals surface area contributed by atoms with Gasteiger partial charge in [0.1, 0.15) is 24.0 Å². The van der Waals surface area contributed by atoms with Crippen molar-refractivity contribution in [3.63, 3.8) is 0 Å². The number of hydrogen-bond acceptors (Lipinski definition) is 7. The van der Waals surface area contributed by atoms with Crippen molar-refractivity contribution in [1.29, 1.82) is 0 Å². The largest absolute Gasteiger partial charge is 0.506 e. The van der Waals surface area contributed by atoms with Gasteiger partial charge < -0.3 is 24.2 Å². The zero-order valence-electron chi connectivity index (χ0n) is 12.0. The van der Waals surface area contributed by atoms with E-state index in [-0.39, 0.29) is 30.3 Å². The van der Waals surface area contributed by atoms with Crippen LogP contribution in [0.1, 0.15) is 0 Å². The summed E-state index contributed by atoms with van der Waals surface area (Å²) in [6.45, 7) is -0.264. The topological polar surface area (TPSA) is 85.3 Å². The number of nitrogens with zero attached hydrogens (tertiary/aromatic N) is 1. The number of phenolic OH excluding ortho intramolecular Hbond substituents is 1. The van der Waals surface area contributed by atoms with Gasteiger partial charge in [0.05, 0.1) is 32.1 Å². The maximum absolute atomic E-state index is 13.1. The molecule has 2 rings (SSSR count). The molecule has 0 bridgehead atoms. The highest BCUT2D eigenvalue weighted by molar-refractivity contribution is 6.03. The van der Waals surface area contributed by atoms with Gasteiger partial charge in [-0.1, -0.05) is 0 Å². The number of ether oxygens (including phenoxy) is 3. The van der Waals surface area contributed by atoms with Crippen molar-refractivity contribution in [2.75, 3.05) is 32.5 Å². The van der Waals surface area contributed by atoms with E-state index in [0.717, 1.165) is 19.2 Å². The van der Waals surface area contributed by atoms with Gasteiger partial charge >= 0.3 is 11.9 Å². The minimum atomic E-state index is -0.799. The first-order valence-electron chi connectivity index (χ1n) is 6.23. The van der Waals surface area contributed by atoms with Crippen LogP contribution in [0.3, 0.4) is 0 Å². The Balaban J connectivity index is 2.57. The molecule has 0 atom stereocenters. The van der Waals surface area contributed by atoms with E-state index in [1.807, 2.05) is 0 Å². The average molecular weight is 311 g/mol. The Morgan fingerprint density at radius 3 is 2.55 bits per heavy atom. The van der Waals surface area contributed by atoms with Crippen LogP contribution in [-0.2, 0) is 23.8 Å². The Kier molecular flexibility index (Phi) is 4.62. The van der Waals surface area contributed by atoms with Gasteiger partial charge in [-0.3, -0.25) is 0 Å². The predicted octanol–water partition coefficient (Wildman–Crippen LogP) is 0.925. The molecule has 0 radical (unpaired) electrons.